The summed E-state index contributed by atoms with van der Waals surface area (Å²) in [6, 6.07) is 16.2. The average Bonchev–Trinajstić information content (AvgIpc) is 3.34. The predicted molar refractivity (Wildman–Crippen MR) is 102 cm³/mol. The molecule has 1 aliphatic carbocycles. The molecule has 4 rings (SSSR count). The van der Waals surface area contributed by atoms with E-state index in [4.69, 9.17) is 0 Å². The molecule has 1 aliphatic heterocycles. The van der Waals surface area contributed by atoms with Crippen molar-refractivity contribution in [2.45, 2.75) is 37.8 Å². The van der Waals surface area contributed by atoms with E-state index in [0.29, 0.717) is 12.3 Å². The third-order valence-electron chi connectivity index (χ3n) is 6.19. The molecule has 1 fully saturated rings. The molecule has 1 amide bonds. The van der Waals surface area contributed by atoms with Crippen molar-refractivity contribution in [3.63, 3.8) is 0 Å². The molecule has 136 valence electrons. The molecule has 4 heteroatoms. The van der Waals surface area contributed by atoms with Crippen molar-refractivity contribution in [2.24, 2.45) is 5.92 Å². The molecule has 0 radical (unpaired) electrons. The van der Waals surface area contributed by atoms with Gasteiger partial charge in [-0.2, -0.15) is 0 Å². The summed E-state index contributed by atoms with van der Waals surface area (Å²) in [5.41, 5.74) is 3.67. The molecule has 1 heterocycles. The Labute approximate surface area is 154 Å². The monoisotopic (exact) mass is 350 g/mol. The zero-order valence-electron chi connectivity index (χ0n) is 15.4. The number of phenolic OH excluding ortho intramolecular Hbond substituents is 1. The van der Waals surface area contributed by atoms with Crippen LogP contribution in [-0.4, -0.2) is 35.5 Å². The Hall–Kier alpha value is -2.33. The van der Waals surface area contributed by atoms with Gasteiger partial charge in [0.15, 0.2) is 0 Å². The van der Waals surface area contributed by atoms with Crippen LogP contribution in [0.5, 0.6) is 5.75 Å². The number of likely N-dealkylation sites (N-methyl/N-ethyl adjacent to an activating group) is 1. The highest BCUT2D eigenvalue weighted by molar-refractivity contribution is 5.84. The van der Waals surface area contributed by atoms with Gasteiger partial charge in [0, 0.05) is 30.5 Å². The lowest BCUT2D eigenvalue weighted by molar-refractivity contribution is -0.123. The molecular weight excluding hydrogens is 324 g/mol. The maximum absolute atomic E-state index is 12.7. The number of phenols is 1. The Bertz CT molecular complexity index is 820. The van der Waals surface area contributed by atoms with Gasteiger partial charge >= 0.3 is 0 Å². The van der Waals surface area contributed by atoms with Gasteiger partial charge < -0.3 is 10.4 Å². The van der Waals surface area contributed by atoms with Crippen molar-refractivity contribution in [1.29, 1.82) is 0 Å². The number of aromatic hydroxyl groups is 1. The first-order chi connectivity index (χ1) is 12.5. The first kappa shape index (κ1) is 17.1. The van der Waals surface area contributed by atoms with Crippen LogP contribution in [0.1, 0.15) is 30.0 Å². The van der Waals surface area contributed by atoms with Gasteiger partial charge in [-0.25, -0.2) is 0 Å². The summed E-state index contributed by atoms with van der Waals surface area (Å²) in [5.74, 6) is 0.558. The Morgan fingerprint density at radius 2 is 2.00 bits per heavy atom. The van der Waals surface area contributed by atoms with Gasteiger partial charge in [0.25, 0.3) is 0 Å². The molecule has 1 saturated carbocycles. The Kier molecular flexibility index (Phi) is 4.23. The van der Waals surface area contributed by atoms with Crippen molar-refractivity contribution >= 4 is 5.91 Å². The van der Waals surface area contributed by atoms with Gasteiger partial charge in [-0.05, 0) is 48.7 Å². The Balaban J connectivity index is 1.36. The predicted octanol–water partition coefficient (Wildman–Crippen LogP) is 2.84. The SMILES string of the molecule is CN1Cc2cc(O)ccc2C[C@H]1CNC(=O)[C@@H]1CC1(C)c1ccccc1. The zero-order chi connectivity index (χ0) is 18.3. The van der Waals surface area contributed by atoms with E-state index in [1.807, 2.05) is 30.3 Å². The molecule has 0 bridgehead atoms. The van der Waals surface area contributed by atoms with Gasteiger partial charge in [-0.3, -0.25) is 9.69 Å². The number of hydrogen-bond donors (Lipinski definition) is 2. The van der Waals surface area contributed by atoms with Crippen LogP contribution in [0.3, 0.4) is 0 Å². The van der Waals surface area contributed by atoms with Crippen LogP contribution < -0.4 is 5.32 Å². The highest BCUT2D eigenvalue weighted by Gasteiger charge is 2.55. The van der Waals surface area contributed by atoms with E-state index in [2.05, 4.69) is 36.3 Å². The van der Waals surface area contributed by atoms with Crippen molar-refractivity contribution < 1.29 is 9.90 Å². The number of hydrogen-bond acceptors (Lipinski definition) is 3. The smallest absolute Gasteiger partial charge is 0.224 e. The number of nitrogens with zero attached hydrogens (tertiary/aromatic N) is 1. The molecule has 2 N–H and O–H groups in total. The van der Waals surface area contributed by atoms with Crippen LogP contribution >= 0.6 is 0 Å². The number of rotatable bonds is 4. The summed E-state index contributed by atoms with van der Waals surface area (Å²) in [4.78, 5) is 14.9. The number of nitrogens with one attached hydrogen (secondary N) is 1. The minimum Gasteiger partial charge on any atom is -0.508 e. The molecule has 26 heavy (non-hydrogen) atoms. The number of carbonyl (C=O) groups excluding carboxylic acids is 1. The van der Waals surface area contributed by atoms with E-state index in [1.165, 1.54) is 16.7 Å². The third-order valence-corrected chi connectivity index (χ3v) is 6.19. The first-order valence-corrected chi connectivity index (χ1v) is 9.31. The highest BCUT2D eigenvalue weighted by atomic mass is 16.3. The number of benzene rings is 2. The summed E-state index contributed by atoms with van der Waals surface area (Å²) in [5, 5.41) is 12.8. The minimum atomic E-state index is -0.0199. The fraction of sp³-hybridized carbons (Fsp3) is 0.409. The fourth-order valence-corrected chi connectivity index (χ4v) is 4.22. The lowest BCUT2D eigenvalue weighted by Crippen LogP contribution is -2.46. The minimum absolute atomic E-state index is 0.0199. The molecule has 1 unspecified atom stereocenters. The summed E-state index contributed by atoms with van der Waals surface area (Å²) in [6.07, 6.45) is 1.82. The summed E-state index contributed by atoms with van der Waals surface area (Å²) >= 11 is 0. The van der Waals surface area contributed by atoms with E-state index in [1.54, 1.807) is 6.07 Å². The third kappa shape index (κ3) is 3.10. The van der Waals surface area contributed by atoms with Crippen molar-refractivity contribution in [3.05, 3.63) is 65.2 Å². The van der Waals surface area contributed by atoms with Gasteiger partial charge in [0.05, 0.1) is 0 Å². The second kappa shape index (κ2) is 6.44. The van der Waals surface area contributed by atoms with Crippen molar-refractivity contribution in [3.8, 4) is 5.75 Å². The Morgan fingerprint density at radius 3 is 2.77 bits per heavy atom. The number of carbonyl (C=O) groups is 1. The summed E-state index contributed by atoms with van der Waals surface area (Å²) in [7, 11) is 2.08. The molecule has 2 aliphatic rings. The van der Waals surface area contributed by atoms with Crippen molar-refractivity contribution in [2.75, 3.05) is 13.6 Å². The van der Waals surface area contributed by atoms with Crippen LogP contribution in [0.4, 0.5) is 0 Å². The van der Waals surface area contributed by atoms with E-state index in [0.717, 1.165) is 19.4 Å². The standard InChI is InChI=1S/C22H26N2O2/c1-22(17-6-4-3-5-7-17)12-20(22)21(26)23-13-18-10-15-8-9-19(25)11-16(15)14-24(18)2/h3-9,11,18,20,25H,10,12-14H2,1-2H3,(H,23,26)/t18-,20-,22?/m0/s1. The van der Waals surface area contributed by atoms with Crippen LogP contribution in [-0.2, 0) is 23.2 Å². The quantitative estimate of drug-likeness (QED) is 0.891. The molecule has 0 spiro atoms. The molecule has 4 nitrogen and oxygen atoms in total. The normalized spacial score (nSPS) is 27.6. The van der Waals surface area contributed by atoms with Crippen LogP contribution in [0, 0.1) is 5.92 Å². The molecule has 2 aromatic rings. The van der Waals surface area contributed by atoms with E-state index in [-0.39, 0.29) is 23.3 Å². The average molecular weight is 350 g/mol. The van der Waals surface area contributed by atoms with E-state index >= 15 is 0 Å². The largest absolute Gasteiger partial charge is 0.508 e. The number of amides is 1. The molecule has 2 aromatic carbocycles. The van der Waals surface area contributed by atoms with Crippen LogP contribution in [0.25, 0.3) is 0 Å². The van der Waals surface area contributed by atoms with Crippen LogP contribution in [0.2, 0.25) is 0 Å². The maximum Gasteiger partial charge on any atom is 0.224 e. The maximum atomic E-state index is 12.7. The highest BCUT2D eigenvalue weighted by Crippen LogP contribution is 2.53. The van der Waals surface area contributed by atoms with Gasteiger partial charge in [-0.15, -0.1) is 0 Å². The molecule has 0 aromatic heterocycles. The fourth-order valence-electron chi connectivity index (χ4n) is 4.22. The molecule has 3 atom stereocenters. The second-order valence-corrected chi connectivity index (χ2v) is 8.01. The lowest BCUT2D eigenvalue weighted by Gasteiger charge is -2.34. The lowest BCUT2D eigenvalue weighted by atomic mass is 9.93. The van der Waals surface area contributed by atoms with Crippen molar-refractivity contribution in [1.82, 2.24) is 10.2 Å². The topological polar surface area (TPSA) is 52.6 Å². The number of fused-ring (bicyclic) bond motifs is 1. The summed E-state index contributed by atoms with van der Waals surface area (Å²) in [6.45, 7) is 3.65. The van der Waals surface area contributed by atoms with Gasteiger partial charge in [-0.1, -0.05) is 43.3 Å². The van der Waals surface area contributed by atoms with Crippen LogP contribution in [0.15, 0.2) is 48.5 Å². The van der Waals surface area contributed by atoms with E-state index < -0.39 is 0 Å². The Morgan fingerprint density at radius 1 is 1.23 bits per heavy atom. The first-order valence-electron chi connectivity index (χ1n) is 9.31. The van der Waals surface area contributed by atoms with E-state index in [9.17, 15) is 9.90 Å². The zero-order valence-corrected chi connectivity index (χ0v) is 15.4. The van der Waals surface area contributed by atoms with Gasteiger partial charge in [0.2, 0.25) is 5.91 Å². The molecular formula is C22H26N2O2. The second-order valence-electron chi connectivity index (χ2n) is 8.01. The summed E-state index contributed by atoms with van der Waals surface area (Å²) < 4.78 is 0. The molecule has 0 saturated heterocycles. The van der Waals surface area contributed by atoms with Gasteiger partial charge in [0.1, 0.15) is 5.75 Å².